The van der Waals surface area contributed by atoms with Gasteiger partial charge < -0.3 is 14.2 Å². The molecule has 2 rings (SSSR count). The fourth-order valence-electron chi connectivity index (χ4n) is 2.14. The molecule has 0 bridgehead atoms. The predicted octanol–water partition coefficient (Wildman–Crippen LogP) is 2.52. The zero-order valence-electron chi connectivity index (χ0n) is 12.5. The molecule has 0 saturated carbocycles. The molecule has 0 aromatic carbocycles. The van der Waals surface area contributed by atoms with Crippen LogP contribution in [0.1, 0.15) is 13.8 Å². The second kappa shape index (κ2) is 6.54. The van der Waals surface area contributed by atoms with Crippen LogP contribution >= 0.6 is 15.9 Å². The average molecular weight is 340 g/mol. The van der Waals surface area contributed by atoms with Gasteiger partial charge in [0.15, 0.2) is 11.5 Å². The van der Waals surface area contributed by atoms with Crippen LogP contribution in [0.2, 0.25) is 0 Å². The summed E-state index contributed by atoms with van der Waals surface area (Å²) in [5.41, 5.74) is 0.910. The minimum Gasteiger partial charge on any atom is -0.352 e. The van der Waals surface area contributed by atoms with E-state index in [2.05, 4.69) is 63.6 Å². The largest absolute Gasteiger partial charge is 0.352 e. The van der Waals surface area contributed by atoms with Crippen molar-refractivity contribution in [1.82, 2.24) is 19.3 Å². The quantitative estimate of drug-likeness (QED) is 0.810. The second-order valence-corrected chi connectivity index (χ2v) is 6.50. The predicted molar refractivity (Wildman–Crippen MR) is 86.3 cm³/mol. The van der Waals surface area contributed by atoms with Gasteiger partial charge in [0.25, 0.3) is 0 Å². The van der Waals surface area contributed by atoms with Crippen LogP contribution in [0.3, 0.4) is 0 Å². The summed E-state index contributed by atoms with van der Waals surface area (Å²) in [6.07, 6.45) is 5.70. The number of nitrogens with zero attached hydrogens (tertiary/aromatic N) is 5. The molecule has 0 unspecified atom stereocenters. The van der Waals surface area contributed by atoms with Crippen molar-refractivity contribution in [3.8, 4) is 0 Å². The monoisotopic (exact) mass is 339 g/mol. The molecular weight excluding hydrogens is 318 g/mol. The number of likely N-dealkylation sites (N-methyl/N-ethyl adjacent to an activating group) is 1. The van der Waals surface area contributed by atoms with Crippen molar-refractivity contribution in [1.29, 1.82) is 0 Å². The molecule has 110 valence electrons. The highest BCUT2D eigenvalue weighted by atomic mass is 79.9. The number of imidazole rings is 1. The van der Waals surface area contributed by atoms with Gasteiger partial charge in [-0.15, -0.1) is 0 Å². The second-order valence-electron chi connectivity index (χ2n) is 5.69. The Morgan fingerprint density at radius 3 is 2.70 bits per heavy atom. The van der Waals surface area contributed by atoms with Crippen LogP contribution in [0, 0.1) is 5.92 Å². The maximum absolute atomic E-state index is 4.65. The molecule has 6 heteroatoms. The van der Waals surface area contributed by atoms with Gasteiger partial charge in [-0.3, -0.25) is 0 Å². The van der Waals surface area contributed by atoms with E-state index in [1.807, 2.05) is 23.0 Å². The molecule has 20 heavy (non-hydrogen) atoms. The van der Waals surface area contributed by atoms with Gasteiger partial charge in [-0.25, -0.2) is 9.97 Å². The number of anilines is 1. The van der Waals surface area contributed by atoms with Gasteiger partial charge in [0, 0.05) is 38.2 Å². The summed E-state index contributed by atoms with van der Waals surface area (Å²) in [4.78, 5) is 13.6. The molecule has 0 spiro atoms. The van der Waals surface area contributed by atoms with Gasteiger partial charge in [0.05, 0.1) is 0 Å². The number of halogens is 1. The Kier molecular flexibility index (Phi) is 4.99. The third kappa shape index (κ3) is 3.70. The number of rotatable bonds is 6. The van der Waals surface area contributed by atoms with E-state index in [4.69, 9.17) is 0 Å². The zero-order chi connectivity index (χ0) is 14.7. The molecule has 0 saturated heterocycles. The van der Waals surface area contributed by atoms with Gasteiger partial charge >= 0.3 is 0 Å². The lowest BCUT2D eigenvalue weighted by Crippen LogP contribution is -2.35. The number of hydrogen-bond acceptors (Lipinski definition) is 4. The number of aromatic nitrogens is 3. The molecule has 0 aliphatic rings. The van der Waals surface area contributed by atoms with Crippen LogP contribution in [-0.4, -0.2) is 53.0 Å². The van der Waals surface area contributed by atoms with Crippen molar-refractivity contribution >= 4 is 27.4 Å². The van der Waals surface area contributed by atoms with Gasteiger partial charge in [-0.2, -0.15) is 0 Å². The first-order chi connectivity index (χ1) is 9.47. The SMILES string of the molecule is CC(C)CN(CCN(C)C)c1nc(Br)cn2ccnc12. The van der Waals surface area contributed by atoms with E-state index < -0.39 is 0 Å². The van der Waals surface area contributed by atoms with E-state index >= 15 is 0 Å². The van der Waals surface area contributed by atoms with E-state index in [1.54, 1.807) is 0 Å². The molecule has 0 amide bonds. The normalized spacial score (nSPS) is 11.8. The van der Waals surface area contributed by atoms with E-state index in [0.29, 0.717) is 5.92 Å². The van der Waals surface area contributed by atoms with Crippen molar-refractivity contribution in [3.63, 3.8) is 0 Å². The minimum atomic E-state index is 0.577. The fourth-order valence-corrected chi connectivity index (χ4v) is 2.53. The Labute approximate surface area is 128 Å². The zero-order valence-corrected chi connectivity index (χ0v) is 14.1. The third-order valence-corrected chi connectivity index (χ3v) is 3.41. The molecular formula is C14H22BrN5. The molecule has 2 aromatic heterocycles. The molecule has 0 N–H and O–H groups in total. The first-order valence-corrected chi connectivity index (χ1v) is 7.65. The Morgan fingerprint density at radius 2 is 2.05 bits per heavy atom. The summed E-state index contributed by atoms with van der Waals surface area (Å²) in [5, 5.41) is 0. The fraction of sp³-hybridized carbons (Fsp3) is 0.571. The summed E-state index contributed by atoms with van der Waals surface area (Å²) < 4.78 is 2.84. The van der Waals surface area contributed by atoms with Gasteiger partial charge in [0.1, 0.15) is 4.60 Å². The first kappa shape index (κ1) is 15.3. The molecule has 2 heterocycles. The van der Waals surface area contributed by atoms with E-state index in [9.17, 15) is 0 Å². The van der Waals surface area contributed by atoms with Crippen LogP contribution in [0.25, 0.3) is 5.65 Å². The highest BCUT2D eigenvalue weighted by Crippen LogP contribution is 2.21. The Hall–Kier alpha value is -1.14. The molecule has 0 aliphatic heterocycles. The number of fused-ring (bicyclic) bond motifs is 1. The summed E-state index contributed by atoms with van der Waals surface area (Å²) in [6.45, 7) is 7.36. The van der Waals surface area contributed by atoms with Crippen molar-refractivity contribution in [2.45, 2.75) is 13.8 Å². The molecule has 0 fully saturated rings. The Balaban J connectivity index is 2.36. The minimum absolute atomic E-state index is 0.577. The summed E-state index contributed by atoms with van der Waals surface area (Å²) in [5.74, 6) is 1.52. The molecule has 0 radical (unpaired) electrons. The van der Waals surface area contributed by atoms with Gasteiger partial charge in [0.2, 0.25) is 0 Å². The van der Waals surface area contributed by atoms with Crippen LogP contribution in [0.4, 0.5) is 5.82 Å². The van der Waals surface area contributed by atoms with Crippen molar-refractivity contribution < 1.29 is 0 Å². The van der Waals surface area contributed by atoms with Crippen LogP contribution in [0.15, 0.2) is 23.2 Å². The lowest BCUT2D eigenvalue weighted by molar-refractivity contribution is 0.408. The van der Waals surface area contributed by atoms with Crippen LogP contribution in [-0.2, 0) is 0 Å². The lowest BCUT2D eigenvalue weighted by Gasteiger charge is -2.27. The van der Waals surface area contributed by atoms with E-state index in [-0.39, 0.29) is 0 Å². The van der Waals surface area contributed by atoms with Crippen molar-refractivity contribution in [2.24, 2.45) is 5.92 Å². The smallest absolute Gasteiger partial charge is 0.180 e. The van der Waals surface area contributed by atoms with E-state index in [0.717, 1.165) is 35.7 Å². The number of hydrogen-bond donors (Lipinski definition) is 0. The molecule has 0 aliphatic carbocycles. The topological polar surface area (TPSA) is 36.7 Å². The average Bonchev–Trinajstić information content (AvgIpc) is 2.80. The molecule has 0 atom stereocenters. The van der Waals surface area contributed by atoms with E-state index in [1.165, 1.54) is 0 Å². The van der Waals surface area contributed by atoms with Crippen LogP contribution < -0.4 is 4.90 Å². The third-order valence-electron chi connectivity index (χ3n) is 3.03. The highest BCUT2D eigenvalue weighted by molar-refractivity contribution is 9.10. The molecule has 5 nitrogen and oxygen atoms in total. The van der Waals surface area contributed by atoms with Crippen LogP contribution in [0.5, 0.6) is 0 Å². The molecule has 2 aromatic rings. The first-order valence-electron chi connectivity index (χ1n) is 6.86. The summed E-state index contributed by atoms with van der Waals surface area (Å²) in [6, 6.07) is 0. The summed E-state index contributed by atoms with van der Waals surface area (Å²) in [7, 11) is 4.18. The lowest BCUT2D eigenvalue weighted by atomic mass is 10.2. The van der Waals surface area contributed by atoms with Gasteiger partial charge in [-0.1, -0.05) is 13.8 Å². The maximum atomic E-state index is 4.65. The summed E-state index contributed by atoms with van der Waals surface area (Å²) >= 11 is 3.49. The van der Waals surface area contributed by atoms with Gasteiger partial charge in [-0.05, 0) is 35.9 Å². The van der Waals surface area contributed by atoms with Crippen molar-refractivity contribution in [2.75, 3.05) is 38.6 Å². The maximum Gasteiger partial charge on any atom is 0.180 e. The van der Waals surface area contributed by atoms with Crippen molar-refractivity contribution in [3.05, 3.63) is 23.2 Å². The standard InChI is InChI=1S/C14H22BrN5/c1-11(2)9-20(8-7-18(3)4)14-13-16-5-6-19(13)10-12(15)17-14/h5-6,10-11H,7-9H2,1-4H3. The Morgan fingerprint density at radius 1 is 1.30 bits per heavy atom. The highest BCUT2D eigenvalue weighted by Gasteiger charge is 2.16. The Bertz CT molecular complexity index is 564.